The molecule has 0 aliphatic heterocycles. The number of nitrogens with two attached hydrogens (primary N) is 1. The summed E-state index contributed by atoms with van der Waals surface area (Å²) in [5, 5.41) is 21.5. The summed E-state index contributed by atoms with van der Waals surface area (Å²) in [6.07, 6.45) is 3.08. The number of nitrogens with zero attached hydrogens (tertiary/aromatic N) is 3. The van der Waals surface area contributed by atoms with Gasteiger partial charge in [-0.1, -0.05) is 53.7 Å². The molecule has 0 aliphatic carbocycles. The molecule has 0 saturated carbocycles. The van der Waals surface area contributed by atoms with Crippen LogP contribution < -0.4 is 16.0 Å². The van der Waals surface area contributed by atoms with E-state index in [0.29, 0.717) is 22.2 Å². The molecule has 0 bridgehead atoms. The SMILES string of the molecule is COc1c(-c2ccc(-c3ccc(/C(N)=N/O)cc3)cc2)nc2ccncc2c1C(=O)NO. The third-order valence-corrected chi connectivity index (χ3v) is 5.05. The average Bonchev–Trinajstić information content (AvgIpc) is 2.86. The highest BCUT2D eigenvalue weighted by atomic mass is 16.5. The van der Waals surface area contributed by atoms with E-state index in [-0.39, 0.29) is 17.1 Å². The monoisotopic (exact) mass is 429 g/mol. The van der Waals surface area contributed by atoms with Crippen molar-refractivity contribution in [2.75, 3.05) is 7.11 Å². The third kappa shape index (κ3) is 3.68. The van der Waals surface area contributed by atoms with E-state index in [0.717, 1.165) is 16.7 Å². The van der Waals surface area contributed by atoms with Gasteiger partial charge in [0, 0.05) is 28.9 Å². The van der Waals surface area contributed by atoms with E-state index in [1.165, 1.54) is 13.3 Å². The lowest BCUT2D eigenvalue weighted by Crippen LogP contribution is -2.20. The molecule has 2 aromatic carbocycles. The Morgan fingerprint density at radius 1 is 1.03 bits per heavy atom. The van der Waals surface area contributed by atoms with Crippen molar-refractivity contribution in [2.24, 2.45) is 10.9 Å². The van der Waals surface area contributed by atoms with Crippen molar-refractivity contribution in [3.63, 3.8) is 0 Å². The van der Waals surface area contributed by atoms with E-state index in [1.54, 1.807) is 29.9 Å². The molecule has 32 heavy (non-hydrogen) atoms. The van der Waals surface area contributed by atoms with Gasteiger partial charge in [-0.2, -0.15) is 0 Å². The Hall–Kier alpha value is -4.50. The second-order valence-corrected chi connectivity index (χ2v) is 6.84. The molecule has 0 spiro atoms. The number of benzene rings is 2. The Morgan fingerprint density at radius 2 is 1.66 bits per heavy atom. The molecule has 0 fully saturated rings. The molecule has 1 amide bonds. The van der Waals surface area contributed by atoms with Crippen molar-refractivity contribution in [3.8, 4) is 28.1 Å². The van der Waals surface area contributed by atoms with Gasteiger partial charge >= 0.3 is 0 Å². The van der Waals surface area contributed by atoms with Crippen LogP contribution in [0.4, 0.5) is 0 Å². The molecule has 2 aromatic heterocycles. The van der Waals surface area contributed by atoms with Gasteiger partial charge in [-0.15, -0.1) is 0 Å². The normalized spacial score (nSPS) is 11.4. The van der Waals surface area contributed by atoms with E-state index >= 15 is 0 Å². The summed E-state index contributed by atoms with van der Waals surface area (Å²) in [4.78, 5) is 21.1. The first-order valence-corrected chi connectivity index (χ1v) is 9.52. The minimum absolute atomic E-state index is 0.0410. The highest BCUT2D eigenvalue weighted by molar-refractivity contribution is 6.09. The fourth-order valence-corrected chi connectivity index (χ4v) is 3.48. The summed E-state index contributed by atoms with van der Waals surface area (Å²) in [6, 6.07) is 16.5. The zero-order chi connectivity index (χ0) is 22.7. The molecule has 5 N–H and O–H groups in total. The molecule has 0 aliphatic rings. The first-order valence-electron chi connectivity index (χ1n) is 9.52. The number of nitrogens with one attached hydrogen (secondary N) is 1. The number of carbonyl (C=O) groups excluding carboxylic acids is 1. The van der Waals surface area contributed by atoms with Crippen molar-refractivity contribution in [3.05, 3.63) is 78.1 Å². The Bertz CT molecular complexity index is 1320. The van der Waals surface area contributed by atoms with Gasteiger partial charge in [0.15, 0.2) is 11.6 Å². The second-order valence-electron chi connectivity index (χ2n) is 6.84. The molecule has 0 radical (unpaired) electrons. The minimum Gasteiger partial charge on any atom is -0.494 e. The van der Waals surface area contributed by atoms with Crippen LogP contribution in [0.25, 0.3) is 33.3 Å². The Kier molecular flexibility index (Phi) is 5.65. The van der Waals surface area contributed by atoms with Crippen LogP contribution in [-0.2, 0) is 0 Å². The number of methoxy groups -OCH3 is 1. The van der Waals surface area contributed by atoms with Crippen LogP contribution in [0, 0.1) is 0 Å². The molecule has 4 rings (SSSR count). The lowest BCUT2D eigenvalue weighted by atomic mass is 9.99. The molecule has 0 unspecified atom stereocenters. The number of oxime groups is 1. The van der Waals surface area contributed by atoms with Gasteiger partial charge in [0.25, 0.3) is 5.91 Å². The fraction of sp³-hybridized carbons (Fsp3) is 0.0435. The van der Waals surface area contributed by atoms with Gasteiger partial charge in [0.1, 0.15) is 5.69 Å². The van der Waals surface area contributed by atoms with Gasteiger partial charge < -0.3 is 15.7 Å². The predicted molar refractivity (Wildman–Crippen MR) is 119 cm³/mol. The Labute approximate surface area is 182 Å². The zero-order valence-electron chi connectivity index (χ0n) is 17.0. The van der Waals surface area contributed by atoms with Gasteiger partial charge in [0.2, 0.25) is 0 Å². The largest absolute Gasteiger partial charge is 0.494 e. The first kappa shape index (κ1) is 20.8. The quantitative estimate of drug-likeness (QED) is 0.125. The van der Waals surface area contributed by atoms with Crippen LogP contribution >= 0.6 is 0 Å². The maximum atomic E-state index is 12.4. The van der Waals surface area contributed by atoms with E-state index in [2.05, 4.69) is 15.1 Å². The lowest BCUT2D eigenvalue weighted by molar-refractivity contribution is 0.0705. The molecule has 9 nitrogen and oxygen atoms in total. The van der Waals surface area contributed by atoms with Crippen molar-refractivity contribution in [2.45, 2.75) is 0 Å². The van der Waals surface area contributed by atoms with Gasteiger partial charge in [-0.3, -0.25) is 15.0 Å². The van der Waals surface area contributed by atoms with E-state index in [1.807, 2.05) is 36.4 Å². The van der Waals surface area contributed by atoms with E-state index < -0.39 is 5.91 Å². The average molecular weight is 429 g/mol. The number of aromatic nitrogens is 2. The van der Waals surface area contributed by atoms with Gasteiger partial charge in [0.05, 0.1) is 18.2 Å². The molecule has 160 valence electrons. The number of carbonyl (C=O) groups is 1. The Morgan fingerprint density at radius 3 is 2.25 bits per heavy atom. The van der Waals surface area contributed by atoms with Crippen LogP contribution in [0.5, 0.6) is 5.75 Å². The molecule has 9 heteroatoms. The number of hydrogen-bond acceptors (Lipinski definition) is 7. The summed E-state index contributed by atoms with van der Waals surface area (Å²) in [5.74, 6) is -0.446. The number of pyridine rings is 2. The number of fused-ring (bicyclic) bond motifs is 1. The molecule has 0 saturated heterocycles. The van der Waals surface area contributed by atoms with E-state index in [9.17, 15) is 10.0 Å². The number of hydroxylamine groups is 1. The van der Waals surface area contributed by atoms with Crippen LogP contribution in [-0.4, -0.2) is 39.2 Å². The second kappa shape index (κ2) is 8.70. The zero-order valence-corrected chi connectivity index (χ0v) is 17.0. The highest BCUT2D eigenvalue weighted by Crippen LogP contribution is 2.36. The first-order chi connectivity index (χ1) is 15.6. The molecule has 4 aromatic rings. The molecular formula is C23H19N5O4. The molecule has 0 atom stereocenters. The fourth-order valence-electron chi connectivity index (χ4n) is 3.48. The maximum absolute atomic E-state index is 12.4. The summed E-state index contributed by atoms with van der Waals surface area (Å²) in [7, 11) is 1.44. The van der Waals surface area contributed by atoms with Crippen molar-refractivity contribution < 1.29 is 19.9 Å². The van der Waals surface area contributed by atoms with Crippen LogP contribution in [0.2, 0.25) is 0 Å². The van der Waals surface area contributed by atoms with Crippen molar-refractivity contribution >= 4 is 22.6 Å². The third-order valence-electron chi connectivity index (χ3n) is 5.05. The number of rotatable bonds is 5. The predicted octanol–water partition coefficient (Wildman–Crippen LogP) is 3.19. The van der Waals surface area contributed by atoms with Crippen LogP contribution in [0.3, 0.4) is 0 Å². The van der Waals surface area contributed by atoms with Gasteiger partial charge in [-0.05, 0) is 17.2 Å². The summed E-state index contributed by atoms with van der Waals surface area (Å²) in [6.45, 7) is 0. The topological polar surface area (TPSA) is 143 Å². The molecular weight excluding hydrogens is 410 g/mol. The standard InChI is InChI=1S/C23H19N5O4/c1-32-21-19(23(29)28-31)17-12-25-11-10-18(17)26-20(21)15-6-2-13(3-7-15)14-4-8-16(9-5-14)22(24)27-30/h2-12,30-31H,1H3,(H2,24,27)(H,28,29). The van der Waals surface area contributed by atoms with Crippen LogP contribution in [0.15, 0.2) is 72.1 Å². The number of hydrogen-bond donors (Lipinski definition) is 4. The number of amides is 1. The minimum atomic E-state index is -0.717. The summed E-state index contributed by atoms with van der Waals surface area (Å²) < 4.78 is 5.52. The Balaban J connectivity index is 1.79. The number of amidine groups is 1. The summed E-state index contributed by atoms with van der Waals surface area (Å²) >= 11 is 0. The van der Waals surface area contributed by atoms with E-state index in [4.69, 9.17) is 15.7 Å². The summed E-state index contributed by atoms with van der Waals surface area (Å²) in [5.41, 5.74) is 11.6. The van der Waals surface area contributed by atoms with Crippen LogP contribution in [0.1, 0.15) is 15.9 Å². The van der Waals surface area contributed by atoms with Crippen molar-refractivity contribution in [1.29, 1.82) is 0 Å². The maximum Gasteiger partial charge on any atom is 0.279 e. The highest BCUT2D eigenvalue weighted by Gasteiger charge is 2.22. The number of ether oxygens (including phenoxy) is 1. The van der Waals surface area contributed by atoms with Gasteiger partial charge in [-0.25, -0.2) is 10.5 Å². The smallest absolute Gasteiger partial charge is 0.279 e. The molecule has 2 heterocycles. The lowest BCUT2D eigenvalue weighted by Gasteiger charge is -2.15. The van der Waals surface area contributed by atoms with Crippen molar-refractivity contribution in [1.82, 2.24) is 15.4 Å².